The van der Waals surface area contributed by atoms with Crippen molar-refractivity contribution in [1.82, 2.24) is 4.90 Å². The van der Waals surface area contributed by atoms with Gasteiger partial charge >= 0.3 is 0 Å². The Bertz CT molecular complexity index is 946. The first-order valence-electron chi connectivity index (χ1n) is 10.7. The van der Waals surface area contributed by atoms with Crippen molar-refractivity contribution < 1.29 is 19.1 Å². The van der Waals surface area contributed by atoms with Gasteiger partial charge in [-0.1, -0.05) is 29.8 Å². The summed E-state index contributed by atoms with van der Waals surface area (Å²) in [6.07, 6.45) is 0.704. The van der Waals surface area contributed by atoms with E-state index in [9.17, 15) is 9.59 Å². The predicted octanol–water partition coefficient (Wildman–Crippen LogP) is 4.40. The molecule has 31 heavy (non-hydrogen) atoms. The first kappa shape index (κ1) is 22.6. The van der Waals surface area contributed by atoms with Gasteiger partial charge in [0, 0.05) is 18.8 Å². The molecule has 0 unspecified atom stereocenters. The number of anilines is 1. The van der Waals surface area contributed by atoms with Gasteiger partial charge in [0.25, 0.3) is 11.8 Å². The molecule has 0 aliphatic carbocycles. The molecular formula is C25H30N2O4. The van der Waals surface area contributed by atoms with Crippen molar-refractivity contribution in [1.29, 1.82) is 0 Å². The van der Waals surface area contributed by atoms with Crippen LogP contribution in [0, 0.1) is 6.92 Å². The van der Waals surface area contributed by atoms with E-state index in [4.69, 9.17) is 9.47 Å². The molecule has 6 heteroatoms. The molecule has 1 heterocycles. The molecule has 0 radical (unpaired) electrons. The maximum Gasteiger partial charge on any atom is 0.278 e. The van der Waals surface area contributed by atoms with E-state index in [1.54, 1.807) is 0 Å². The lowest BCUT2D eigenvalue weighted by Gasteiger charge is -2.16. The van der Waals surface area contributed by atoms with Crippen LogP contribution in [-0.4, -0.2) is 42.6 Å². The Hall–Kier alpha value is -3.12. The summed E-state index contributed by atoms with van der Waals surface area (Å²) in [5.74, 6) is 0.146. The number of rotatable bonds is 10. The fourth-order valence-corrected chi connectivity index (χ4v) is 3.37. The summed E-state index contributed by atoms with van der Waals surface area (Å²) in [4.78, 5) is 27.7. The van der Waals surface area contributed by atoms with Crippen molar-refractivity contribution in [3.8, 4) is 5.75 Å². The van der Waals surface area contributed by atoms with Gasteiger partial charge in [-0.15, -0.1) is 0 Å². The molecule has 3 rings (SSSR count). The zero-order valence-corrected chi connectivity index (χ0v) is 18.6. The number of aryl methyl sites for hydroxylation is 1. The van der Waals surface area contributed by atoms with Crippen molar-refractivity contribution in [3.05, 3.63) is 65.4 Å². The number of hydrogen-bond acceptors (Lipinski definition) is 5. The minimum Gasteiger partial charge on any atom is -0.494 e. The number of ether oxygens (including phenoxy) is 2. The molecule has 1 aliphatic heterocycles. The number of imide groups is 1. The average Bonchev–Trinajstić information content (AvgIpc) is 2.97. The van der Waals surface area contributed by atoms with E-state index in [-0.39, 0.29) is 17.9 Å². The van der Waals surface area contributed by atoms with Gasteiger partial charge in [-0.3, -0.25) is 14.5 Å². The monoisotopic (exact) mass is 422 g/mol. The van der Waals surface area contributed by atoms with Crippen LogP contribution >= 0.6 is 0 Å². The van der Waals surface area contributed by atoms with E-state index in [0.29, 0.717) is 43.1 Å². The number of nitrogens with one attached hydrogen (secondary N) is 1. The van der Waals surface area contributed by atoms with Crippen LogP contribution in [0.5, 0.6) is 5.75 Å². The van der Waals surface area contributed by atoms with E-state index in [1.807, 2.05) is 76.2 Å². The van der Waals surface area contributed by atoms with Crippen LogP contribution in [0.2, 0.25) is 0 Å². The number of hydrogen-bond donors (Lipinski definition) is 1. The second kappa shape index (κ2) is 10.3. The van der Waals surface area contributed by atoms with Gasteiger partial charge in [-0.2, -0.15) is 0 Å². The summed E-state index contributed by atoms with van der Waals surface area (Å²) >= 11 is 0. The van der Waals surface area contributed by atoms with Gasteiger partial charge in [0.15, 0.2) is 0 Å². The Kier molecular flexibility index (Phi) is 7.47. The summed E-state index contributed by atoms with van der Waals surface area (Å²) in [5, 5.41) is 3.17. The summed E-state index contributed by atoms with van der Waals surface area (Å²) in [5.41, 5.74) is 3.21. The zero-order valence-electron chi connectivity index (χ0n) is 18.6. The molecule has 2 aromatic rings. The Morgan fingerprint density at radius 2 is 1.65 bits per heavy atom. The van der Waals surface area contributed by atoms with Crippen molar-refractivity contribution in [2.45, 2.75) is 40.2 Å². The number of nitrogens with zero attached hydrogens (tertiary/aromatic N) is 1. The third-order valence-electron chi connectivity index (χ3n) is 4.92. The molecule has 1 aliphatic rings. The van der Waals surface area contributed by atoms with E-state index >= 15 is 0 Å². The highest BCUT2D eigenvalue weighted by Gasteiger charge is 2.38. The Balaban J connectivity index is 1.86. The second-order valence-corrected chi connectivity index (χ2v) is 7.73. The maximum atomic E-state index is 13.2. The van der Waals surface area contributed by atoms with E-state index in [2.05, 4.69) is 5.32 Å². The number of carbonyl (C=O) groups excluding carboxylic acids is 2. The maximum absolute atomic E-state index is 13.2. The largest absolute Gasteiger partial charge is 0.494 e. The lowest BCUT2D eigenvalue weighted by molar-refractivity contribution is -0.137. The second-order valence-electron chi connectivity index (χ2n) is 7.73. The van der Waals surface area contributed by atoms with Crippen molar-refractivity contribution in [2.24, 2.45) is 0 Å². The van der Waals surface area contributed by atoms with Crippen LogP contribution < -0.4 is 10.1 Å². The minimum absolute atomic E-state index is 0.114. The third-order valence-corrected chi connectivity index (χ3v) is 4.92. The molecule has 0 saturated carbocycles. The van der Waals surface area contributed by atoms with E-state index in [1.165, 1.54) is 4.90 Å². The highest BCUT2D eigenvalue weighted by Crippen LogP contribution is 2.31. The summed E-state index contributed by atoms with van der Waals surface area (Å²) < 4.78 is 11.0. The van der Waals surface area contributed by atoms with Crippen molar-refractivity contribution in [3.63, 3.8) is 0 Å². The first-order chi connectivity index (χ1) is 14.9. The minimum atomic E-state index is -0.320. The Morgan fingerprint density at radius 1 is 0.968 bits per heavy atom. The van der Waals surface area contributed by atoms with Crippen LogP contribution in [0.1, 0.15) is 38.3 Å². The lowest BCUT2D eigenvalue weighted by atomic mass is 10.0. The van der Waals surface area contributed by atoms with Crippen molar-refractivity contribution in [2.75, 3.05) is 25.1 Å². The fraction of sp³-hybridized carbons (Fsp3) is 0.360. The molecule has 0 saturated heterocycles. The van der Waals surface area contributed by atoms with Gasteiger partial charge in [-0.05, 0) is 63.9 Å². The zero-order chi connectivity index (χ0) is 22.4. The summed E-state index contributed by atoms with van der Waals surface area (Å²) in [6.45, 7) is 9.22. The molecule has 0 spiro atoms. The third kappa shape index (κ3) is 5.52. The molecule has 0 fully saturated rings. The van der Waals surface area contributed by atoms with Gasteiger partial charge in [0.2, 0.25) is 0 Å². The number of amides is 2. The molecule has 0 bridgehead atoms. The van der Waals surface area contributed by atoms with Crippen LogP contribution in [0.25, 0.3) is 5.57 Å². The highest BCUT2D eigenvalue weighted by molar-refractivity contribution is 6.36. The van der Waals surface area contributed by atoms with Gasteiger partial charge in [0.05, 0.1) is 18.3 Å². The average molecular weight is 423 g/mol. The van der Waals surface area contributed by atoms with Crippen LogP contribution in [0.3, 0.4) is 0 Å². The van der Waals surface area contributed by atoms with Gasteiger partial charge < -0.3 is 14.8 Å². The topological polar surface area (TPSA) is 67.9 Å². The lowest BCUT2D eigenvalue weighted by Crippen LogP contribution is -2.34. The normalized spacial score (nSPS) is 14.0. The SMILES string of the molecule is CCOc1ccc(NC2=C(c3ccc(C)cc3)C(=O)N(CCCOC(C)C)C2=O)cc1. The van der Waals surface area contributed by atoms with E-state index in [0.717, 1.165) is 16.9 Å². The molecule has 6 nitrogen and oxygen atoms in total. The van der Waals surface area contributed by atoms with Crippen molar-refractivity contribution >= 4 is 23.1 Å². The molecule has 0 aromatic heterocycles. The molecular weight excluding hydrogens is 392 g/mol. The standard InChI is InChI=1S/C25H30N2O4/c1-5-30-21-13-11-20(12-14-21)26-23-22(19-9-7-18(4)8-10-19)24(28)27(25(23)29)15-6-16-31-17(2)3/h7-14,17,26H,5-6,15-16H2,1-4H3. The molecule has 164 valence electrons. The summed E-state index contributed by atoms with van der Waals surface area (Å²) in [6, 6.07) is 15.0. The summed E-state index contributed by atoms with van der Waals surface area (Å²) in [7, 11) is 0. The smallest absolute Gasteiger partial charge is 0.278 e. The molecule has 0 atom stereocenters. The Morgan fingerprint density at radius 3 is 2.26 bits per heavy atom. The molecule has 2 amide bonds. The Labute approximate surface area is 183 Å². The van der Waals surface area contributed by atoms with Crippen LogP contribution in [0.4, 0.5) is 5.69 Å². The highest BCUT2D eigenvalue weighted by atomic mass is 16.5. The first-order valence-corrected chi connectivity index (χ1v) is 10.7. The molecule has 1 N–H and O–H groups in total. The number of benzene rings is 2. The van der Waals surface area contributed by atoms with Gasteiger partial charge in [0.1, 0.15) is 11.4 Å². The van der Waals surface area contributed by atoms with Crippen LogP contribution in [0.15, 0.2) is 54.2 Å². The van der Waals surface area contributed by atoms with Crippen LogP contribution in [-0.2, 0) is 14.3 Å². The number of carbonyl (C=O) groups is 2. The molecule has 2 aromatic carbocycles. The quantitative estimate of drug-likeness (QED) is 0.454. The van der Waals surface area contributed by atoms with E-state index < -0.39 is 0 Å². The predicted molar refractivity (Wildman–Crippen MR) is 122 cm³/mol. The fourth-order valence-electron chi connectivity index (χ4n) is 3.37. The van der Waals surface area contributed by atoms with Gasteiger partial charge in [-0.25, -0.2) is 0 Å².